The highest BCUT2D eigenvalue weighted by molar-refractivity contribution is 7.27. The van der Waals surface area contributed by atoms with E-state index < -0.39 is 0 Å². The van der Waals surface area contributed by atoms with Gasteiger partial charge in [0.15, 0.2) is 5.78 Å². The molecule has 0 aliphatic heterocycles. The Labute approximate surface area is 119 Å². The number of Topliss-reactive ketones (excluding diaryl/α,β-unsaturated/α-hetero) is 1. The van der Waals surface area contributed by atoms with Crippen LogP contribution >= 0.6 is 22.7 Å². The SMILES string of the molecule is CCn1nc(C)cc1CC(=O)c1cc2sccc2s1. The molecule has 0 bridgehead atoms. The molecule has 3 nitrogen and oxygen atoms in total. The molecule has 0 unspecified atom stereocenters. The number of nitrogens with zero attached hydrogens (tertiary/aromatic N) is 2. The van der Waals surface area contributed by atoms with E-state index in [1.807, 2.05) is 30.7 Å². The molecule has 98 valence electrons. The number of thiophene rings is 2. The molecule has 0 N–H and O–H groups in total. The van der Waals surface area contributed by atoms with E-state index in [0.717, 1.165) is 22.8 Å². The van der Waals surface area contributed by atoms with Crippen molar-refractivity contribution in [3.63, 3.8) is 0 Å². The number of hydrogen-bond donors (Lipinski definition) is 0. The van der Waals surface area contributed by atoms with Gasteiger partial charge in [-0.25, -0.2) is 0 Å². The van der Waals surface area contributed by atoms with Gasteiger partial charge in [0.25, 0.3) is 0 Å². The highest BCUT2D eigenvalue weighted by atomic mass is 32.1. The van der Waals surface area contributed by atoms with Crippen molar-refractivity contribution in [1.82, 2.24) is 9.78 Å². The van der Waals surface area contributed by atoms with E-state index >= 15 is 0 Å². The van der Waals surface area contributed by atoms with E-state index in [2.05, 4.69) is 16.5 Å². The van der Waals surface area contributed by atoms with E-state index in [9.17, 15) is 4.79 Å². The summed E-state index contributed by atoms with van der Waals surface area (Å²) < 4.78 is 4.31. The predicted molar refractivity (Wildman–Crippen MR) is 80.4 cm³/mol. The summed E-state index contributed by atoms with van der Waals surface area (Å²) in [5.41, 5.74) is 1.97. The quantitative estimate of drug-likeness (QED) is 0.683. The van der Waals surface area contributed by atoms with E-state index in [1.54, 1.807) is 22.7 Å². The molecule has 3 heterocycles. The van der Waals surface area contributed by atoms with Crippen LogP contribution in [0.1, 0.15) is 28.0 Å². The Morgan fingerprint density at radius 2 is 2.21 bits per heavy atom. The third-order valence-electron chi connectivity index (χ3n) is 3.04. The predicted octanol–water partition coefficient (Wildman–Crippen LogP) is 3.91. The molecular formula is C14H14N2OS2. The molecule has 0 fully saturated rings. The zero-order valence-electron chi connectivity index (χ0n) is 10.8. The van der Waals surface area contributed by atoms with Gasteiger partial charge in [-0.05, 0) is 37.4 Å². The molecular weight excluding hydrogens is 276 g/mol. The lowest BCUT2D eigenvalue weighted by Crippen LogP contribution is -2.08. The van der Waals surface area contributed by atoms with Crippen molar-refractivity contribution in [3.05, 3.63) is 39.8 Å². The van der Waals surface area contributed by atoms with Crippen molar-refractivity contribution in [2.24, 2.45) is 0 Å². The van der Waals surface area contributed by atoms with Crippen LogP contribution in [0.4, 0.5) is 0 Å². The van der Waals surface area contributed by atoms with Gasteiger partial charge in [0.05, 0.1) is 17.0 Å². The summed E-state index contributed by atoms with van der Waals surface area (Å²) in [6.07, 6.45) is 0.433. The number of carbonyl (C=O) groups excluding carboxylic acids is 1. The standard InChI is InChI=1S/C14H14N2OS2/c1-3-16-10(6-9(2)15-16)7-11(17)13-8-14-12(19-13)4-5-18-14/h4-6,8H,3,7H2,1-2H3. The van der Waals surface area contributed by atoms with Crippen LogP contribution in [-0.4, -0.2) is 15.6 Å². The summed E-state index contributed by atoms with van der Waals surface area (Å²) in [6.45, 7) is 4.80. The molecule has 0 aliphatic rings. The fraction of sp³-hybridized carbons (Fsp3) is 0.286. The molecule has 5 heteroatoms. The van der Waals surface area contributed by atoms with Gasteiger partial charge >= 0.3 is 0 Å². The van der Waals surface area contributed by atoms with Crippen LogP contribution in [0.15, 0.2) is 23.6 Å². The summed E-state index contributed by atoms with van der Waals surface area (Å²) in [7, 11) is 0. The monoisotopic (exact) mass is 290 g/mol. The van der Waals surface area contributed by atoms with E-state index in [0.29, 0.717) is 6.42 Å². The van der Waals surface area contributed by atoms with Crippen LogP contribution < -0.4 is 0 Å². The van der Waals surface area contributed by atoms with Crippen molar-refractivity contribution in [1.29, 1.82) is 0 Å². The van der Waals surface area contributed by atoms with Gasteiger partial charge in [-0.2, -0.15) is 5.10 Å². The molecule has 0 radical (unpaired) electrons. The number of ketones is 1. The number of rotatable bonds is 4. The topological polar surface area (TPSA) is 34.9 Å². The zero-order chi connectivity index (χ0) is 13.4. The number of aromatic nitrogens is 2. The molecule has 3 rings (SSSR count). The Hall–Kier alpha value is -1.46. The van der Waals surface area contributed by atoms with Gasteiger partial charge in [-0.15, -0.1) is 22.7 Å². The minimum Gasteiger partial charge on any atom is -0.293 e. The van der Waals surface area contributed by atoms with Crippen molar-refractivity contribution in [2.75, 3.05) is 0 Å². The van der Waals surface area contributed by atoms with E-state index in [-0.39, 0.29) is 5.78 Å². The molecule has 3 aromatic heterocycles. The minimum atomic E-state index is 0.183. The van der Waals surface area contributed by atoms with Crippen LogP contribution in [0.3, 0.4) is 0 Å². The molecule has 0 atom stereocenters. The van der Waals surface area contributed by atoms with Crippen LogP contribution in [0.25, 0.3) is 9.40 Å². The number of carbonyl (C=O) groups is 1. The van der Waals surface area contributed by atoms with Gasteiger partial charge in [0.2, 0.25) is 0 Å². The average molecular weight is 290 g/mol. The summed E-state index contributed by atoms with van der Waals surface area (Å²) in [5.74, 6) is 0.183. The average Bonchev–Trinajstić information content (AvgIpc) is 3.02. The van der Waals surface area contributed by atoms with Gasteiger partial charge in [-0.1, -0.05) is 0 Å². The Kier molecular flexibility index (Phi) is 3.24. The van der Waals surface area contributed by atoms with Gasteiger partial charge in [0, 0.05) is 21.6 Å². The van der Waals surface area contributed by atoms with Crippen molar-refractivity contribution >= 4 is 37.9 Å². The van der Waals surface area contributed by atoms with Gasteiger partial charge in [0.1, 0.15) is 0 Å². The second kappa shape index (κ2) is 4.90. The van der Waals surface area contributed by atoms with Crippen LogP contribution in [0.5, 0.6) is 0 Å². The Morgan fingerprint density at radius 1 is 1.37 bits per heavy atom. The Bertz CT molecular complexity index is 707. The second-order valence-corrected chi connectivity index (χ2v) is 6.48. The molecule has 0 aromatic carbocycles. The van der Waals surface area contributed by atoms with Crippen LogP contribution in [0.2, 0.25) is 0 Å². The second-order valence-electron chi connectivity index (χ2n) is 4.45. The lowest BCUT2D eigenvalue weighted by Gasteiger charge is -2.02. The van der Waals surface area contributed by atoms with E-state index in [4.69, 9.17) is 0 Å². The smallest absolute Gasteiger partial charge is 0.178 e. The Morgan fingerprint density at radius 3 is 2.95 bits per heavy atom. The largest absolute Gasteiger partial charge is 0.293 e. The molecule has 3 aromatic rings. The van der Waals surface area contributed by atoms with Gasteiger partial charge < -0.3 is 0 Å². The highest BCUT2D eigenvalue weighted by Gasteiger charge is 2.14. The van der Waals surface area contributed by atoms with Gasteiger partial charge in [-0.3, -0.25) is 9.48 Å². The molecule has 0 spiro atoms. The van der Waals surface area contributed by atoms with Crippen LogP contribution in [0, 0.1) is 6.92 Å². The van der Waals surface area contributed by atoms with Crippen molar-refractivity contribution < 1.29 is 4.79 Å². The third kappa shape index (κ3) is 2.35. The highest BCUT2D eigenvalue weighted by Crippen LogP contribution is 2.30. The molecule has 0 amide bonds. The first kappa shape index (κ1) is 12.6. The third-order valence-corrected chi connectivity index (χ3v) is 5.18. The Balaban J connectivity index is 1.86. The maximum atomic E-state index is 12.3. The number of hydrogen-bond acceptors (Lipinski definition) is 4. The zero-order valence-corrected chi connectivity index (χ0v) is 12.5. The summed E-state index contributed by atoms with van der Waals surface area (Å²) in [5, 5.41) is 6.44. The number of aryl methyl sites for hydroxylation is 2. The first-order valence-electron chi connectivity index (χ1n) is 6.21. The summed E-state index contributed by atoms with van der Waals surface area (Å²) in [4.78, 5) is 13.2. The fourth-order valence-electron chi connectivity index (χ4n) is 2.17. The minimum absolute atomic E-state index is 0.183. The fourth-order valence-corrected chi connectivity index (χ4v) is 4.22. The lowest BCUT2D eigenvalue weighted by molar-refractivity contribution is 0.0994. The molecule has 0 saturated heterocycles. The van der Waals surface area contributed by atoms with Crippen molar-refractivity contribution in [2.45, 2.75) is 26.8 Å². The maximum Gasteiger partial charge on any atom is 0.178 e. The first-order valence-corrected chi connectivity index (χ1v) is 7.90. The summed E-state index contributed by atoms with van der Waals surface area (Å²) in [6, 6.07) is 6.08. The lowest BCUT2D eigenvalue weighted by atomic mass is 10.2. The summed E-state index contributed by atoms with van der Waals surface area (Å²) >= 11 is 3.27. The molecule has 0 aliphatic carbocycles. The van der Waals surface area contributed by atoms with Crippen molar-refractivity contribution in [3.8, 4) is 0 Å². The van der Waals surface area contributed by atoms with Crippen LogP contribution in [-0.2, 0) is 13.0 Å². The first-order chi connectivity index (χ1) is 9.17. The van der Waals surface area contributed by atoms with E-state index in [1.165, 1.54) is 9.40 Å². The molecule has 0 saturated carbocycles. The molecule has 19 heavy (non-hydrogen) atoms. The number of fused-ring (bicyclic) bond motifs is 1. The maximum absolute atomic E-state index is 12.3. The normalized spacial score (nSPS) is 11.3.